The van der Waals surface area contributed by atoms with Crippen molar-refractivity contribution in [2.24, 2.45) is 0 Å². The predicted molar refractivity (Wildman–Crippen MR) is 74.1 cm³/mol. The number of hydrogen-bond donors (Lipinski definition) is 2. The Hall–Kier alpha value is -2.12. The highest BCUT2D eigenvalue weighted by Crippen LogP contribution is 2.24. The smallest absolute Gasteiger partial charge is 0.387 e. The number of nitrogens with one attached hydrogen (secondary N) is 1. The van der Waals surface area contributed by atoms with Crippen molar-refractivity contribution >= 4 is 17.5 Å². The van der Waals surface area contributed by atoms with Crippen LogP contribution >= 0.6 is 11.6 Å². The zero-order chi connectivity index (χ0) is 16.1. The lowest BCUT2D eigenvalue weighted by molar-refractivity contribution is -0.0501. The van der Waals surface area contributed by atoms with Gasteiger partial charge in [-0.15, -0.1) is 0 Å². The molecule has 0 bridgehead atoms. The molecule has 118 valence electrons. The first-order chi connectivity index (χ1) is 10.5. The van der Waals surface area contributed by atoms with Gasteiger partial charge in [0, 0.05) is 5.02 Å². The second kappa shape index (κ2) is 7.24. The average Bonchev–Trinajstić information content (AvgIpc) is 3.00. The zero-order valence-corrected chi connectivity index (χ0v) is 11.9. The van der Waals surface area contributed by atoms with Crippen LogP contribution in [0.25, 0.3) is 0 Å². The number of rotatable bonds is 6. The molecule has 1 aromatic heterocycles. The van der Waals surface area contributed by atoms with E-state index >= 15 is 0 Å². The highest BCUT2D eigenvalue weighted by molar-refractivity contribution is 6.31. The lowest BCUT2D eigenvalue weighted by Gasteiger charge is -2.13. The molecule has 1 heterocycles. The SMILES string of the molecule is O=C(NC[C@@H](O)c1ccco1)c1cc(Cl)ccc1OC(F)F. The maximum atomic E-state index is 12.3. The van der Waals surface area contributed by atoms with Crippen molar-refractivity contribution in [2.45, 2.75) is 12.7 Å². The van der Waals surface area contributed by atoms with Gasteiger partial charge in [0.2, 0.25) is 0 Å². The quantitative estimate of drug-likeness (QED) is 0.853. The van der Waals surface area contributed by atoms with E-state index in [1.165, 1.54) is 24.5 Å². The molecule has 2 N–H and O–H groups in total. The molecule has 1 atom stereocenters. The van der Waals surface area contributed by atoms with Gasteiger partial charge in [-0.2, -0.15) is 8.78 Å². The van der Waals surface area contributed by atoms with E-state index in [0.29, 0.717) is 0 Å². The zero-order valence-electron chi connectivity index (χ0n) is 11.1. The number of furan rings is 1. The fraction of sp³-hybridized carbons (Fsp3) is 0.214. The third-order valence-electron chi connectivity index (χ3n) is 2.73. The molecule has 0 radical (unpaired) electrons. The molecule has 2 rings (SSSR count). The Morgan fingerprint density at radius 3 is 2.82 bits per heavy atom. The number of ether oxygens (including phenoxy) is 1. The summed E-state index contributed by atoms with van der Waals surface area (Å²) in [6.45, 7) is -3.23. The van der Waals surface area contributed by atoms with Crippen LogP contribution in [0.4, 0.5) is 8.78 Å². The van der Waals surface area contributed by atoms with Crippen LogP contribution in [0.5, 0.6) is 5.75 Å². The van der Waals surface area contributed by atoms with E-state index in [1.54, 1.807) is 12.1 Å². The average molecular weight is 332 g/mol. The van der Waals surface area contributed by atoms with Crippen molar-refractivity contribution < 1.29 is 27.8 Å². The molecule has 0 saturated heterocycles. The molecule has 0 fully saturated rings. The van der Waals surface area contributed by atoms with Crippen LogP contribution < -0.4 is 10.1 Å². The van der Waals surface area contributed by atoms with Gasteiger partial charge in [-0.25, -0.2) is 0 Å². The Morgan fingerprint density at radius 1 is 1.41 bits per heavy atom. The molecule has 2 aromatic rings. The third kappa shape index (κ3) is 4.19. The maximum Gasteiger partial charge on any atom is 0.387 e. The van der Waals surface area contributed by atoms with Crippen LogP contribution in [0.15, 0.2) is 41.0 Å². The molecule has 0 unspecified atom stereocenters. The van der Waals surface area contributed by atoms with Gasteiger partial charge in [-0.3, -0.25) is 4.79 Å². The molecule has 0 aliphatic heterocycles. The van der Waals surface area contributed by atoms with E-state index in [1.807, 2.05) is 0 Å². The summed E-state index contributed by atoms with van der Waals surface area (Å²) in [7, 11) is 0. The minimum Gasteiger partial charge on any atom is -0.467 e. The minimum absolute atomic E-state index is 0.153. The van der Waals surface area contributed by atoms with Gasteiger partial charge in [-0.05, 0) is 30.3 Å². The van der Waals surface area contributed by atoms with Crippen LogP contribution in [-0.2, 0) is 0 Å². The summed E-state index contributed by atoms with van der Waals surface area (Å²) < 4.78 is 33.9. The number of benzene rings is 1. The second-order valence-corrected chi connectivity index (χ2v) is 4.70. The van der Waals surface area contributed by atoms with E-state index in [4.69, 9.17) is 16.0 Å². The third-order valence-corrected chi connectivity index (χ3v) is 2.96. The Kier molecular flexibility index (Phi) is 5.35. The molecule has 1 aromatic carbocycles. The first-order valence-electron chi connectivity index (χ1n) is 6.21. The summed E-state index contributed by atoms with van der Waals surface area (Å²) in [4.78, 5) is 12.0. The van der Waals surface area contributed by atoms with Crippen molar-refractivity contribution in [3.63, 3.8) is 0 Å². The first-order valence-corrected chi connectivity index (χ1v) is 6.59. The van der Waals surface area contributed by atoms with Crippen molar-refractivity contribution in [3.05, 3.63) is 52.9 Å². The number of carbonyl (C=O) groups excluding carboxylic acids is 1. The van der Waals surface area contributed by atoms with Crippen LogP contribution in [-0.4, -0.2) is 24.2 Å². The van der Waals surface area contributed by atoms with Crippen LogP contribution in [0.2, 0.25) is 5.02 Å². The number of carbonyl (C=O) groups is 1. The Balaban J connectivity index is 2.07. The highest BCUT2D eigenvalue weighted by Gasteiger charge is 2.18. The number of aliphatic hydroxyl groups is 1. The maximum absolute atomic E-state index is 12.3. The van der Waals surface area contributed by atoms with Crippen LogP contribution in [0.3, 0.4) is 0 Å². The topological polar surface area (TPSA) is 71.7 Å². The van der Waals surface area contributed by atoms with Crippen molar-refractivity contribution in [3.8, 4) is 5.75 Å². The molecule has 5 nitrogen and oxygen atoms in total. The predicted octanol–water partition coefficient (Wildman–Crippen LogP) is 3.00. The molecule has 0 saturated carbocycles. The number of hydrogen-bond acceptors (Lipinski definition) is 4. The fourth-order valence-corrected chi connectivity index (χ4v) is 1.92. The van der Waals surface area contributed by atoms with E-state index in [0.717, 1.165) is 0 Å². The van der Waals surface area contributed by atoms with Crippen molar-refractivity contribution in [1.82, 2.24) is 5.32 Å². The summed E-state index contributed by atoms with van der Waals surface area (Å²) in [6, 6.07) is 6.83. The highest BCUT2D eigenvalue weighted by atomic mass is 35.5. The summed E-state index contributed by atoms with van der Waals surface area (Å²) in [5, 5.41) is 12.4. The monoisotopic (exact) mass is 331 g/mol. The van der Waals surface area contributed by atoms with E-state index < -0.39 is 18.6 Å². The lowest BCUT2D eigenvalue weighted by Crippen LogP contribution is -2.28. The summed E-state index contributed by atoms with van der Waals surface area (Å²) in [6.07, 6.45) is 0.323. The van der Waals surface area contributed by atoms with E-state index in [2.05, 4.69) is 10.1 Å². The molecule has 0 aliphatic carbocycles. The molecule has 8 heteroatoms. The standard InChI is InChI=1S/C14H12ClF2NO4/c15-8-3-4-11(22-14(16)17)9(6-8)13(20)18-7-10(19)12-2-1-5-21-12/h1-6,10,14,19H,7H2,(H,18,20)/t10-/m1/s1. The van der Waals surface area contributed by atoms with Crippen molar-refractivity contribution in [2.75, 3.05) is 6.54 Å². The Bertz CT molecular complexity index is 634. The lowest BCUT2D eigenvalue weighted by atomic mass is 10.2. The van der Waals surface area contributed by atoms with Gasteiger partial charge in [-0.1, -0.05) is 11.6 Å². The second-order valence-electron chi connectivity index (χ2n) is 4.26. The van der Waals surface area contributed by atoms with Gasteiger partial charge in [0.05, 0.1) is 18.4 Å². The van der Waals surface area contributed by atoms with Gasteiger partial charge >= 0.3 is 6.61 Å². The van der Waals surface area contributed by atoms with E-state index in [9.17, 15) is 18.7 Å². The normalized spacial score (nSPS) is 12.2. The number of halogens is 3. The number of amides is 1. The molecule has 22 heavy (non-hydrogen) atoms. The molecule has 0 spiro atoms. The number of alkyl halides is 2. The van der Waals surface area contributed by atoms with Crippen molar-refractivity contribution in [1.29, 1.82) is 0 Å². The van der Waals surface area contributed by atoms with Gasteiger partial charge < -0.3 is 19.6 Å². The fourth-order valence-electron chi connectivity index (χ4n) is 1.74. The van der Waals surface area contributed by atoms with Gasteiger partial charge in [0.15, 0.2) is 0 Å². The summed E-state index contributed by atoms with van der Waals surface area (Å²) >= 11 is 5.75. The Morgan fingerprint density at radius 2 is 2.18 bits per heavy atom. The van der Waals surface area contributed by atoms with Gasteiger partial charge in [0.25, 0.3) is 5.91 Å². The minimum atomic E-state index is -3.07. The molecule has 1 amide bonds. The Labute approximate surface area is 129 Å². The molecular formula is C14H12ClF2NO4. The molecular weight excluding hydrogens is 320 g/mol. The van der Waals surface area contributed by atoms with Gasteiger partial charge in [0.1, 0.15) is 17.6 Å². The van der Waals surface area contributed by atoms with Crippen LogP contribution in [0, 0.1) is 0 Å². The first kappa shape index (κ1) is 16.3. The number of aliphatic hydroxyl groups excluding tert-OH is 1. The summed E-state index contributed by atoms with van der Waals surface area (Å²) in [5.41, 5.74) is -0.153. The van der Waals surface area contributed by atoms with E-state index in [-0.39, 0.29) is 28.6 Å². The summed E-state index contributed by atoms with van der Waals surface area (Å²) in [5.74, 6) is -0.733. The van der Waals surface area contributed by atoms with Crippen LogP contribution in [0.1, 0.15) is 22.2 Å². The molecule has 0 aliphatic rings. The largest absolute Gasteiger partial charge is 0.467 e.